The Morgan fingerprint density at radius 2 is 1.76 bits per heavy atom. The van der Waals surface area contributed by atoms with Crippen molar-refractivity contribution in [3.8, 4) is 34.3 Å². The first-order chi connectivity index (χ1) is 18.0. The number of amides is 1. The van der Waals surface area contributed by atoms with E-state index in [9.17, 15) is 9.59 Å². The molecular weight excluding hydrogens is 492 g/mol. The van der Waals surface area contributed by atoms with Crippen molar-refractivity contribution in [1.82, 2.24) is 4.98 Å². The summed E-state index contributed by atoms with van der Waals surface area (Å²) in [5.74, 6) is 1.32. The van der Waals surface area contributed by atoms with Crippen molar-refractivity contribution in [3.63, 3.8) is 0 Å². The topological polar surface area (TPSA) is 99.9 Å². The molecule has 0 atom stereocenters. The SMILES string of the molecule is COC(=O)c1cc2cc(NC(=O)c3ccccc3-c3ncc(-c4ccc(OC)cc4OC)o3)ccc2s1. The van der Waals surface area contributed by atoms with Gasteiger partial charge in [-0.3, -0.25) is 4.79 Å². The Kier molecular flexibility index (Phi) is 6.61. The molecule has 9 heteroatoms. The molecule has 2 aromatic heterocycles. The highest BCUT2D eigenvalue weighted by molar-refractivity contribution is 7.20. The zero-order chi connectivity index (χ0) is 25.9. The van der Waals surface area contributed by atoms with Crippen LogP contribution in [0.1, 0.15) is 20.0 Å². The predicted octanol–water partition coefficient (Wildman–Crippen LogP) is 6.28. The lowest BCUT2D eigenvalue weighted by Crippen LogP contribution is -2.13. The van der Waals surface area contributed by atoms with Crippen LogP contribution >= 0.6 is 11.3 Å². The van der Waals surface area contributed by atoms with Crippen LogP contribution in [-0.2, 0) is 4.74 Å². The highest BCUT2D eigenvalue weighted by Gasteiger charge is 2.19. The van der Waals surface area contributed by atoms with Gasteiger partial charge in [-0.1, -0.05) is 12.1 Å². The highest BCUT2D eigenvalue weighted by atomic mass is 32.1. The van der Waals surface area contributed by atoms with Crippen LogP contribution in [0.4, 0.5) is 5.69 Å². The third kappa shape index (κ3) is 4.76. The standard InChI is InChI=1S/C28H22N2O6S/c1-33-18-9-10-21(22(14-18)34-2)23-15-29-27(36-23)20-7-5-4-6-19(20)26(31)30-17-8-11-24-16(12-17)13-25(37-24)28(32)35-3/h4-15H,1-3H3,(H,30,31). The summed E-state index contributed by atoms with van der Waals surface area (Å²) in [6.45, 7) is 0. The second-order valence-corrected chi connectivity index (χ2v) is 9.03. The number of oxazole rings is 1. The van der Waals surface area contributed by atoms with E-state index in [0.29, 0.717) is 50.4 Å². The predicted molar refractivity (Wildman–Crippen MR) is 142 cm³/mol. The van der Waals surface area contributed by atoms with E-state index in [-0.39, 0.29) is 5.91 Å². The number of hydrogen-bond acceptors (Lipinski definition) is 8. The lowest BCUT2D eigenvalue weighted by atomic mass is 10.1. The number of carbonyl (C=O) groups is 2. The Hall–Kier alpha value is -4.63. The number of fused-ring (bicyclic) bond motifs is 1. The maximum atomic E-state index is 13.3. The molecular formula is C28H22N2O6S. The Labute approximate surface area is 216 Å². The molecule has 5 aromatic rings. The summed E-state index contributed by atoms with van der Waals surface area (Å²) < 4.78 is 22.5. The summed E-state index contributed by atoms with van der Waals surface area (Å²) in [6, 6.07) is 19.7. The number of methoxy groups -OCH3 is 3. The van der Waals surface area contributed by atoms with E-state index in [1.54, 1.807) is 62.9 Å². The van der Waals surface area contributed by atoms with Crippen molar-refractivity contribution < 1.29 is 28.2 Å². The van der Waals surface area contributed by atoms with Crippen LogP contribution < -0.4 is 14.8 Å². The number of anilines is 1. The third-order valence-corrected chi connectivity index (χ3v) is 6.84. The Balaban J connectivity index is 1.43. The molecule has 1 amide bonds. The van der Waals surface area contributed by atoms with Crippen LogP contribution in [0.15, 0.2) is 77.3 Å². The van der Waals surface area contributed by atoms with Crippen LogP contribution in [0.5, 0.6) is 11.5 Å². The Bertz CT molecular complexity index is 1620. The first-order valence-corrected chi connectivity index (χ1v) is 12.0. The summed E-state index contributed by atoms with van der Waals surface area (Å²) in [6.07, 6.45) is 1.59. The van der Waals surface area contributed by atoms with E-state index in [2.05, 4.69) is 10.3 Å². The molecule has 0 unspecified atom stereocenters. The summed E-state index contributed by atoms with van der Waals surface area (Å²) >= 11 is 1.33. The fourth-order valence-corrected chi connectivity index (χ4v) is 4.87. The molecule has 2 heterocycles. The number of thiophene rings is 1. The van der Waals surface area contributed by atoms with Gasteiger partial charge < -0.3 is 23.9 Å². The molecule has 0 radical (unpaired) electrons. The number of hydrogen-bond donors (Lipinski definition) is 1. The van der Waals surface area contributed by atoms with Gasteiger partial charge in [-0.25, -0.2) is 9.78 Å². The van der Waals surface area contributed by atoms with Crippen molar-refractivity contribution in [2.75, 3.05) is 26.6 Å². The molecule has 0 aliphatic heterocycles. The van der Waals surface area contributed by atoms with Crippen molar-refractivity contribution in [3.05, 3.63) is 83.4 Å². The van der Waals surface area contributed by atoms with Gasteiger partial charge in [-0.2, -0.15) is 0 Å². The van der Waals surface area contributed by atoms with Crippen molar-refractivity contribution >= 4 is 39.0 Å². The molecule has 0 spiro atoms. The fourth-order valence-electron chi connectivity index (χ4n) is 3.91. The quantitative estimate of drug-likeness (QED) is 0.255. The molecule has 0 aliphatic carbocycles. The minimum Gasteiger partial charge on any atom is -0.497 e. The molecule has 0 bridgehead atoms. The second-order valence-electron chi connectivity index (χ2n) is 7.95. The van der Waals surface area contributed by atoms with Crippen LogP contribution in [0.25, 0.3) is 32.9 Å². The fraction of sp³-hybridized carbons (Fsp3) is 0.107. The van der Waals surface area contributed by atoms with E-state index in [1.165, 1.54) is 18.4 Å². The molecule has 3 aromatic carbocycles. The van der Waals surface area contributed by atoms with Crippen LogP contribution in [0.3, 0.4) is 0 Å². The summed E-state index contributed by atoms with van der Waals surface area (Å²) in [5, 5.41) is 3.76. The molecule has 0 saturated carbocycles. The average molecular weight is 515 g/mol. The van der Waals surface area contributed by atoms with E-state index < -0.39 is 5.97 Å². The van der Waals surface area contributed by atoms with E-state index >= 15 is 0 Å². The van der Waals surface area contributed by atoms with E-state index in [4.69, 9.17) is 18.6 Å². The molecule has 8 nitrogen and oxygen atoms in total. The van der Waals surface area contributed by atoms with Crippen molar-refractivity contribution in [2.45, 2.75) is 0 Å². The van der Waals surface area contributed by atoms with Gasteiger partial charge in [0.1, 0.15) is 16.4 Å². The van der Waals surface area contributed by atoms with Gasteiger partial charge in [-0.05, 0) is 53.9 Å². The van der Waals surface area contributed by atoms with Gasteiger partial charge in [0, 0.05) is 22.0 Å². The number of aromatic nitrogens is 1. The lowest BCUT2D eigenvalue weighted by molar-refractivity contribution is 0.0606. The number of rotatable bonds is 7. The zero-order valence-corrected chi connectivity index (χ0v) is 21.0. The first kappa shape index (κ1) is 24.1. The molecule has 1 N–H and O–H groups in total. The molecule has 0 fully saturated rings. The summed E-state index contributed by atoms with van der Waals surface area (Å²) in [7, 11) is 4.50. The van der Waals surface area contributed by atoms with Crippen LogP contribution in [0.2, 0.25) is 0 Å². The third-order valence-electron chi connectivity index (χ3n) is 5.74. The second kappa shape index (κ2) is 10.2. The number of nitrogens with zero attached hydrogens (tertiary/aromatic N) is 1. The van der Waals surface area contributed by atoms with Gasteiger partial charge in [0.05, 0.1) is 38.7 Å². The molecule has 37 heavy (non-hydrogen) atoms. The molecule has 0 aliphatic rings. The van der Waals surface area contributed by atoms with E-state index in [1.807, 2.05) is 24.3 Å². The lowest BCUT2D eigenvalue weighted by Gasteiger charge is -2.09. The monoisotopic (exact) mass is 514 g/mol. The summed E-state index contributed by atoms with van der Waals surface area (Å²) in [4.78, 5) is 30.0. The van der Waals surface area contributed by atoms with Gasteiger partial charge in [0.15, 0.2) is 5.76 Å². The maximum Gasteiger partial charge on any atom is 0.348 e. The number of ether oxygens (including phenoxy) is 3. The van der Waals surface area contributed by atoms with Crippen LogP contribution in [0, 0.1) is 0 Å². The minimum absolute atomic E-state index is 0.301. The smallest absolute Gasteiger partial charge is 0.348 e. The molecule has 5 rings (SSSR count). The largest absolute Gasteiger partial charge is 0.497 e. The van der Waals surface area contributed by atoms with E-state index in [0.717, 1.165) is 10.1 Å². The summed E-state index contributed by atoms with van der Waals surface area (Å²) in [5.41, 5.74) is 2.25. The average Bonchev–Trinajstić information content (AvgIpc) is 3.59. The number of benzene rings is 3. The number of carbonyl (C=O) groups excluding carboxylic acids is 2. The van der Waals surface area contributed by atoms with Crippen LogP contribution in [-0.4, -0.2) is 38.2 Å². The van der Waals surface area contributed by atoms with Gasteiger partial charge in [0.25, 0.3) is 5.91 Å². The van der Waals surface area contributed by atoms with Gasteiger partial charge >= 0.3 is 5.97 Å². The Morgan fingerprint density at radius 1 is 0.919 bits per heavy atom. The Morgan fingerprint density at radius 3 is 2.54 bits per heavy atom. The highest BCUT2D eigenvalue weighted by Crippen LogP contribution is 2.36. The van der Waals surface area contributed by atoms with Gasteiger partial charge in [0.2, 0.25) is 5.89 Å². The minimum atomic E-state index is -0.390. The van der Waals surface area contributed by atoms with Crippen molar-refractivity contribution in [1.29, 1.82) is 0 Å². The maximum absolute atomic E-state index is 13.3. The van der Waals surface area contributed by atoms with Gasteiger partial charge in [-0.15, -0.1) is 11.3 Å². The normalized spacial score (nSPS) is 10.8. The molecule has 0 saturated heterocycles. The number of esters is 1. The number of nitrogens with one attached hydrogen (secondary N) is 1. The molecule has 186 valence electrons. The van der Waals surface area contributed by atoms with Crippen molar-refractivity contribution in [2.24, 2.45) is 0 Å². The first-order valence-electron chi connectivity index (χ1n) is 11.2. The zero-order valence-electron chi connectivity index (χ0n) is 20.2.